The lowest BCUT2D eigenvalue weighted by atomic mass is 9.88. The van der Waals surface area contributed by atoms with Crippen LogP contribution >= 0.6 is 0 Å². The number of anilines is 1. The first kappa shape index (κ1) is 19.3. The zero-order valence-electron chi connectivity index (χ0n) is 15.4. The van der Waals surface area contributed by atoms with Gasteiger partial charge in [0.2, 0.25) is 0 Å². The van der Waals surface area contributed by atoms with Crippen LogP contribution < -0.4 is 4.72 Å². The minimum Gasteiger partial charge on any atom is -0.755 e. The number of carbonyl (C=O) groups excluding carboxylic acids is 1. The van der Waals surface area contributed by atoms with Gasteiger partial charge in [0.1, 0.15) is 0 Å². The summed E-state index contributed by atoms with van der Waals surface area (Å²) >= 11 is -2.35. The number of piperazine rings is 1. The van der Waals surface area contributed by atoms with Crippen molar-refractivity contribution in [2.45, 2.75) is 45.1 Å². The minimum atomic E-state index is -2.35. The van der Waals surface area contributed by atoms with Gasteiger partial charge in [0.15, 0.2) is 0 Å². The molecule has 1 unspecified atom stereocenters. The molecule has 2 aliphatic rings. The van der Waals surface area contributed by atoms with Crippen LogP contribution in [0.1, 0.15) is 49.4 Å². The van der Waals surface area contributed by atoms with E-state index < -0.39 is 11.3 Å². The molecule has 6 nitrogen and oxygen atoms in total. The smallest absolute Gasteiger partial charge is 0.254 e. The average Bonchev–Trinajstić information content (AvgIpc) is 2.62. The Morgan fingerprint density at radius 2 is 1.88 bits per heavy atom. The van der Waals surface area contributed by atoms with Crippen molar-refractivity contribution in [3.63, 3.8) is 0 Å². The fourth-order valence-electron chi connectivity index (χ4n) is 4.18. The van der Waals surface area contributed by atoms with Gasteiger partial charge in [-0.15, -0.1) is 0 Å². The molecular weight excluding hydrogens is 350 g/mol. The van der Waals surface area contributed by atoms with Crippen LogP contribution in [0.25, 0.3) is 0 Å². The van der Waals surface area contributed by atoms with Crippen molar-refractivity contribution in [2.24, 2.45) is 5.92 Å². The summed E-state index contributed by atoms with van der Waals surface area (Å²) in [5, 5.41) is 0. The predicted molar refractivity (Wildman–Crippen MR) is 102 cm³/mol. The Morgan fingerprint density at radius 1 is 1.19 bits per heavy atom. The quantitative estimate of drug-likeness (QED) is 0.799. The van der Waals surface area contributed by atoms with Gasteiger partial charge in [-0.2, -0.15) is 0 Å². The summed E-state index contributed by atoms with van der Waals surface area (Å²) in [5.74, 6) is 0.842. The molecule has 0 radical (unpaired) electrons. The van der Waals surface area contributed by atoms with Crippen LogP contribution in [0.4, 0.5) is 5.69 Å². The summed E-state index contributed by atoms with van der Waals surface area (Å²) in [6, 6.07) is 6.78. The van der Waals surface area contributed by atoms with Crippen LogP contribution in [0, 0.1) is 5.92 Å². The van der Waals surface area contributed by atoms with Crippen molar-refractivity contribution in [3.8, 4) is 0 Å². The average molecular weight is 379 g/mol. The monoisotopic (exact) mass is 378 g/mol. The normalized spacial score (nSPS) is 23.6. The highest BCUT2D eigenvalue weighted by atomic mass is 32.2. The van der Waals surface area contributed by atoms with E-state index in [2.05, 4.69) is 16.5 Å². The van der Waals surface area contributed by atoms with Crippen LogP contribution in [-0.2, 0) is 11.3 Å². The molecule has 0 aromatic heterocycles. The number of carbonyl (C=O) groups is 1. The van der Waals surface area contributed by atoms with E-state index in [4.69, 9.17) is 0 Å². The maximum atomic E-state index is 12.8. The molecule has 1 aliphatic carbocycles. The Morgan fingerprint density at radius 3 is 2.50 bits per heavy atom. The fourth-order valence-corrected chi connectivity index (χ4v) is 4.51. The first-order valence-corrected chi connectivity index (χ1v) is 10.6. The molecule has 3 rings (SSSR count). The predicted octanol–water partition coefficient (Wildman–Crippen LogP) is 2.62. The Hall–Kier alpha value is -1.44. The molecule has 0 bridgehead atoms. The van der Waals surface area contributed by atoms with Gasteiger partial charge in [-0.1, -0.05) is 19.3 Å². The molecule has 0 spiro atoms. The Labute approximate surface area is 158 Å². The lowest BCUT2D eigenvalue weighted by molar-refractivity contribution is 0.0444. The molecule has 1 aromatic carbocycles. The molecular formula is C19H28N3O3S-. The molecule has 1 saturated heterocycles. The second kappa shape index (κ2) is 8.97. The first-order chi connectivity index (χ1) is 12.5. The number of nitrogens with one attached hydrogen (secondary N) is 1. The summed E-state index contributed by atoms with van der Waals surface area (Å²) in [6.45, 7) is 5.89. The second-order valence-corrected chi connectivity index (χ2v) is 8.20. The van der Waals surface area contributed by atoms with E-state index in [1.807, 2.05) is 4.90 Å². The Kier molecular flexibility index (Phi) is 6.67. The lowest BCUT2D eigenvalue weighted by Crippen LogP contribution is -2.54. The van der Waals surface area contributed by atoms with Gasteiger partial charge < -0.3 is 14.2 Å². The van der Waals surface area contributed by atoms with E-state index in [0.29, 0.717) is 11.3 Å². The summed E-state index contributed by atoms with van der Waals surface area (Å²) in [4.78, 5) is 17.3. The number of hydrogen-bond donors (Lipinski definition) is 1. The summed E-state index contributed by atoms with van der Waals surface area (Å²) in [7, 11) is 0. The van der Waals surface area contributed by atoms with E-state index in [9.17, 15) is 13.6 Å². The van der Waals surface area contributed by atoms with Crippen molar-refractivity contribution in [2.75, 3.05) is 30.9 Å². The minimum absolute atomic E-state index is 0.0182. The largest absolute Gasteiger partial charge is 0.755 e. The maximum Gasteiger partial charge on any atom is 0.254 e. The molecule has 2 fully saturated rings. The van der Waals surface area contributed by atoms with Gasteiger partial charge >= 0.3 is 0 Å². The van der Waals surface area contributed by atoms with Gasteiger partial charge in [-0.05, 0) is 49.9 Å². The van der Waals surface area contributed by atoms with E-state index in [1.54, 1.807) is 24.3 Å². The van der Waals surface area contributed by atoms with Gasteiger partial charge in [-0.25, -0.2) is 0 Å². The number of hydrogen-bond acceptors (Lipinski definition) is 4. The second-order valence-electron chi connectivity index (χ2n) is 7.53. The number of rotatable bonds is 5. The van der Waals surface area contributed by atoms with Gasteiger partial charge in [0, 0.05) is 54.7 Å². The number of amides is 1. The summed E-state index contributed by atoms with van der Waals surface area (Å²) in [6.07, 6.45) is 6.81. The van der Waals surface area contributed by atoms with E-state index in [0.717, 1.165) is 25.6 Å². The molecule has 2 atom stereocenters. The third-order valence-electron chi connectivity index (χ3n) is 5.55. The Balaban J connectivity index is 1.54. The van der Waals surface area contributed by atoms with Crippen molar-refractivity contribution < 1.29 is 13.6 Å². The fraction of sp³-hybridized carbons (Fsp3) is 0.632. The molecule has 1 amide bonds. The SMILES string of the molecule is C[C@@H]1CN(CC2CCCCC2)CCN1C(=O)c1ccc(NS(=O)[O-])cc1. The van der Waals surface area contributed by atoms with Gasteiger partial charge in [0.25, 0.3) is 5.91 Å². The maximum absolute atomic E-state index is 12.8. The summed E-state index contributed by atoms with van der Waals surface area (Å²) < 4.78 is 23.6. The van der Waals surface area contributed by atoms with Crippen molar-refractivity contribution in [3.05, 3.63) is 29.8 Å². The third-order valence-corrected chi connectivity index (χ3v) is 5.95. The molecule has 1 aromatic rings. The topological polar surface area (TPSA) is 75.7 Å². The zero-order chi connectivity index (χ0) is 18.5. The first-order valence-electron chi connectivity index (χ1n) is 9.52. The standard InChI is InChI=1S/C19H29N3O3S/c1-15-13-21(14-16-5-3-2-4-6-16)11-12-22(15)19(23)17-7-9-18(10-8-17)20-26(24)25/h7-10,15-16,20H,2-6,11-14H2,1H3,(H,24,25)/p-1/t15-/m1/s1. The Bertz CT molecular complexity index is 631. The molecule has 1 saturated carbocycles. The molecule has 26 heavy (non-hydrogen) atoms. The summed E-state index contributed by atoms with van der Waals surface area (Å²) in [5.41, 5.74) is 1.06. The molecule has 144 valence electrons. The molecule has 1 heterocycles. The molecule has 1 aliphatic heterocycles. The van der Waals surface area contributed by atoms with Crippen LogP contribution in [-0.4, -0.2) is 56.7 Å². The van der Waals surface area contributed by atoms with Crippen molar-refractivity contribution in [1.82, 2.24) is 9.80 Å². The van der Waals surface area contributed by atoms with Crippen LogP contribution in [0.5, 0.6) is 0 Å². The number of benzene rings is 1. The van der Waals surface area contributed by atoms with E-state index >= 15 is 0 Å². The van der Waals surface area contributed by atoms with Crippen molar-refractivity contribution in [1.29, 1.82) is 0 Å². The third kappa shape index (κ3) is 5.05. The van der Waals surface area contributed by atoms with E-state index in [1.165, 1.54) is 38.6 Å². The highest BCUT2D eigenvalue weighted by molar-refractivity contribution is 7.80. The molecule has 7 heteroatoms. The highest BCUT2D eigenvalue weighted by Crippen LogP contribution is 2.25. The number of nitrogens with zero attached hydrogens (tertiary/aromatic N) is 2. The van der Waals surface area contributed by atoms with Gasteiger partial charge in [-0.3, -0.25) is 13.9 Å². The van der Waals surface area contributed by atoms with E-state index in [-0.39, 0.29) is 11.9 Å². The van der Waals surface area contributed by atoms with Gasteiger partial charge in [0.05, 0.1) is 0 Å². The van der Waals surface area contributed by atoms with Crippen LogP contribution in [0.2, 0.25) is 0 Å². The zero-order valence-corrected chi connectivity index (χ0v) is 16.2. The lowest BCUT2D eigenvalue weighted by Gasteiger charge is -2.41. The van der Waals surface area contributed by atoms with Crippen molar-refractivity contribution >= 4 is 22.9 Å². The van der Waals surface area contributed by atoms with Crippen LogP contribution in [0.3, 0.4) is 0 Å². The van der Waals surface area contributed by atoms with Crippen LogP contribution in [0.15, 0.2) is 24.3 Å². The molecule has 1 N–H and O–H groups in total. The highest BCUT2D eigenvalue weighted by Gasteiger charge is 2.29.